The van der Waals surface area contributed by atoms with E-state index in [1.807, 2.05) is 25.1 Å². The highest BCUT2D eigenvalue weighted by molar-refractivity contribution is 5.69. The Morgan fingerprint density at radius 3 is 2.94 bits per heavy atom. The summed E-state index contributed by atoms with van der Waals surface area (Å²) in [6.45, 7) is 2.26. The first-order valence-corrected chi connectivity index (χ1v) is 5.91. The van der Waals surface area contributed by atoms with Crippen LogP contribution in [0.5, 0.6) is 0 Å². The molecule has 0 bridgehead atoms. The SMILES string of the molecule is CCOC(=O)CCCCc1cccc(C#N)c1. The third-order valence-corrected chi connectivity index (χ3v) is 2.46. The van der Waals surface area contributed by atoms with Crippen LogP contribution in [0.2, 0.25) is 0 Å². The van der Waals surface area contributed by atoms with Gasteiger partial charge >= 0.3 is 5.97 Å². The fraction of sp³-hybridized carbons (Fsp3) is 0.429. The summed E-state index contributed by atoms with van der Waals surface area (Å²) in [5.74, 6) is -0.127. The van der Waals surface area contributed by atoms with Gasteiger partial charge in [0.15, 0.2) is 0 Å². The van der Waals surface area contributed by atoms with E-state index in [1.54, 1.807) is 6.07 Å². The summed E-state index contributed by atoms with van der Waals surface area (Å²) in [6.07, 6.45) is 3.14. The first kappa shape index (κ1) is 13.2. The largest absolute Gasteiger partial charge is 0.466 e. The molecule has 17 heavy (non-hydrogen) atoms. The zero-order valence-corrected chi connectivity index (χ0v) is 10.1. The molecule has 90 valence electrons. The molecule has 0 N–H and O–H groups in total. The summed E-state index contributed by atoms with van der Waals surface area (Å²) < 4.78 is 4.85. The molecule has 0 aromatic heterocycles. The summed E-state index contributed by atoms with van der Waals surface area (Å²) in [5, 5.41) is 8.75. The van der Waals surface area contributed by atoms with Gasteiger partial charge in [-0.15, -0.1) is 0 Å². The molecule has 0 aliphatic carbocycles. The number of aryl methyl sites for hydroxylation is 1. The van der Waals surface area contributed by atoms with Crippen molar-refractivity contribution in [2.45, 2.75) is 32.6 Å². The van der Waals surface area contributed by atoms with Gasteiger partial charge in [0.2, 0.25) is 0 Å². The number of benzene rings is 1. The first-order chi connectivity index (χ1) is 8.26. The van der Waals surface area contributed by atoms with Crippen LogP contribution < -0.4 is 0 Å². The molecule has 0 heterocycles. The Bertz CT molecular complexity index is 407. The molecule has 0 unspecified atom stereocenters. The number of carbonyl (C=O) groups is 1. The van der Waals surface area contributed by atoms with Gasteiger partial charge in [0.25, 0.3) is 0 Å². The molecule has 0 atom stereocenters. The lowest BCUT2D eigenvalue weighted by Crippen LogP contribution is -2.03. The molecular formula is C14H17NO2. The lowest BCUT2D eigenvalue weighted by atomic mass is 10.0. The van der Waals surface area contributed by atoms with Gasteiger partial charge in [-0.1, -0.05) is 12.1 Å². The maximum absolute atomic E-state index is 11.1. The molecule has 1 aromatic carbocycles. The normalized spacial score (nSPS) is 9.65. The second-order valence-corrected chi connectivity index (χ2v) is 3.82. The summed E-state index contributed by atoms with van der Waals surface area (Å²) in [6, 6.07) is 9.70. The lowest BCUT2D eigenvalue weighted by molar-refractivity contribution is -0.143. The van der Waals surface area contributed by atoms with Crippen molar-refractivity contribution in [3.63, 3.8) is 0 Å². The van der Waals surface area contributed by atoms with Gasteiger partial charge in [0.05, 0.1) is 18.2 Å². The minimum absolute atomic E-state index is 0.127. The Morgan fingerprint density at radius 2 is 2.24 bits per heavy atom. The van der Waals surface area contributed by atoms with Crippen molar-refractivity contribution in [1.82, 2.24) is 0 Å². The zero-order valence-electron chi connectivity index (χ0n) is 10.1. The molecule has 0 radical (unpaired) electrons. The monoisotopic (exact) mass is 231 g/mol. The number of nitrogens with zero attached hydrogens (tertiary/aromatic N) is 1. The molecule has 1 rings (SSSR count). The van der Waals surface area contributed by atoms with Crippen LogP contribution in [0, 0.1) is 11.3 Å². The Kier molecular flexibility index (Phi) is 5.81. The molecule has 0 aliphatic heterocycles. The van der Waals surface area contributed by atoms with Crippen molar-refractivity contribution in [3.05, 3.63) is 35.4 Å². The Labute approximate surface area is 102 Å². The average Bonchev–Trinajstić information content (AvgIpc) is 2.35. The number of ether oxygens (including phenoxy) is 1. The van der Waals surface area contributed by atoms with E-state index in [-0.39, 0.29) is 5.97 Å². The van der Waals surface area contributed by atoms with Crippen molar-refractivity contribution in [3.8, 4) is 6.07 Å². The number of rotatable bonds is 6. The minimum atomic E-state index is -0.127. The van der Waals surface area contributed by atoms with Gasteiger partial charge in [-0.05, 0) is 43.9 Å². The number of esters is 1. The van der Waals surface area contributed by atoms with E-state index in [0.29, 0.717) is 18.6 Å². The molecule has 0 fully saturated rings. The average molecular weight is 231 g/mol. The Morgan fingerprint density at radius 1 is 1.41 bits per heavy atom. The van der Waals surface area contributed by atoms with Crippen molar-refractivity contribution >= 4 is 5.97 Å². The lowest BCUT2D eigenvalue weighted by Gasteiger charge is -2.02. The molecule has 0 saturated carbocycles. The number of hydrogen-bond donors (Lipinski definition) is 0. The van der Waals surface area contributed by atoms with E-state index in [2.05, 4.69) is 6.07 Å². The highest BCUT2D eigenvalue weighted by Crippen LogP contribution is 2.09. The molecule has 3 heteroatoms. The topological polar surface area (TPSA) is 50.1 Å². The van der Waals surface area contributed by atoms with E-state index in [4.69, 9.17) is 10.00 Å². The van der Waals surface area contributed by atoms with Crippen LogP contribution in [0.1, 0.15) is 37.3 Å². The fourth-order valence-corrected chi connectivity index (χ4v) is 1.63. The van der Waals surface area contributed by atoms with Crippen LogP contribution >= 0.6 is 0 Å². The summed E-state index contributed by atoms with van der Waals surface area (Å²) in [5.41, 5.74) is 1.83. The smallest absolute Gasteiger partial charge is 0.305 e. The second kappa shape index (κ2) is 7.45. The molecule has 1 aromatic rings. The van der Waals surface area contributed by atoms with Gasteiger partial charge in [0, 0.05) is 6.42 Å². The summed E-state index contributed by atoms with van der Waals surface area (Å²) in [4.78, 5) is 11.1. The number of nitriles is 1. The molecule has 0 amide bonds. The highest BCUT2D eigenvalue weighted by atomic mass is 16.5. The fourth-order valence-electron chi connectivity index (χ4n) is 1.63. The van der Waals surface area contributed by atoms with Crippen molar-refractivity contribution in [2.24, 2.45) is 0 Å². The van der Waals surface area contributed by atoms with Gasteiger partial charge in [0.1, 0.15) is 0 Å². The maximum atomic E-state index is 11.1. The van der Waals surface area contributed by atoms with Crippen molar-refractivity contribution < 1.29 is 9.53 Å². The molecule has 0 aliphatic rings. The van der Waals surface area contributed by atoms with Gasteiger partial charge in [-0.3, -0.25) is 4.79 Å². The van der Waals surface area contributed by atoms with Crippen molar-refractivity contribution in [1.29, 1.82) is 5.26 Å². The van der Waals surface area contributed by atoms with E-state index >= 15 is 0 Å². The third-order valence-electron chi connectivity index (χ3n) is 2.46. The van der Waals surface area contributed by atoms with E-state index in [1.165, 1.54) is 0 Å². The van der Waals surface area contributed by atoms with Gasteiger partial charge in [-0.25, -0.2) is 0 Å². The minimum Gasteiger partial charge on any atom is -0.466 e. The molecule has 0 spiro atoms. The Hall–Kier alpha value is -1.82. The van der Waals surface area contributed by atoms with Crippen LogP contribution in [0.25, 0.3) is 0 Å². The predicted octanol–water partition coefficient (Wildman–Crippen LogP) is 2.83. The standard InChI is InChI=1S/C14H17NO2/c1-2-17-14(16)9-4-3-6-12-7-5-8-13(10-12)11-15/h5,7-8,10H,2-4,6,9H2,1H3. The zero-order chi connectivity index (χ0) is 12.5. The van der Waals surface area contributed by atoms with Crippen LogP contribution in [-0.2, 0) is 16.0 Å². The quantitative estimate of drug-likeness (QED) is 0.558. The van der Waals surface area contributed by atoms with Crippen LogP contribution in [-0.4, -0.2) is 12.6 Å². The maximum Gasteiger partial charge on any atom is 0.305 e. The van der Waals surface area contributed by atoms with Crippen LogP contribution in [0.4, 0.5) is 0 Å². The van der Waals surface area contributed by atoms with Crippen molar-refractivity contribution in [2.75, 3.05) is 6.61 Å². The number of carbonyl (C=O) groups excluding carboxylic acids is 1. The second-order valence-electron chi connectivity index (χ2n) is 3.82. The molecular weight excluding hydrogens is 214 g/mol. The first-order valence-electron chi connectivity index (χ1n) is 5.91. The van der Waals surface area contributed by atoms with Gasteiger partial charge in [-0.2, -0.15) is 5.26 Å². The third kappa shape index (κ3) is 5.17. The van der Waals surface area contributed by atoms with E-state index in [0.717, 1.165) is 24.8 Å². The number of unbranched alkanes of at least 4 members (excludes halogenated alkanes) is 1. The summed E-state index contributed by atoms with van der Waals surface area (Å²) in [7, 11) is 0. The predicted molar refractivity (Wildman–Crippen MR) is 65.3 cm³/mol. The molecule has 3 nitrogen and oxygen atoms in total. The Balaban J connectivity index is 2.27. The highest BCUT2D eigenvalue weighted by Gasteiger charge is 2.01. The van der Waals surface area contributed by atoms with Crippen LogP contribution in [0.3, 0.4) is 0 Å². The summed E-state index contributed by atoms with van der Waals surface area (Å²) >= 11 is 0. The van der Waals surface area contributed by atoms with E-state index in [9.17, 15) is 4.79 Å². The number of hydrogen-bond acceptors (Lipinski definition) is 3. The van der Waals surface area contributed by atoms with Crippen LogP contribution in [0.15, 0.2) is 24.3 Å². The van der Waals surface area contributed by atoms with E-state index < -0.39 is 0 Å². The van der Waals surface area contributed by atoms with Gasteiger partial charge < -0.3 is 4.74 Å². The molecule has 0 saturated heterocycles.